The highest BCUT2D eigenvalue weighted by Crippen LogP contribution is 2.58. The minimum atomic E-state index is -0.730. The van der Waals surface area contributed by atoms with Gasteiger partial charge in [-0.15, -0.1) is 11.6 Å². The van der Waals surface area contributed by atoms with Gasteiger partial charge in [0.1, 0.15) is 12.0 Å². The molecule has 1 aliphatic carbocycles. The number of rotatable bonds is 3. The van der Waals surface area contributed by atoms with Gasteiger partial charge in [0, 0.05) is 5.92 Å². The van der Waals surface area contributed by atoms with Crippen LogP contribution in [-0.4, -0.2) is 47.9 Å². The van der Waals surface area contributed by atoms with Gasteiger partial charge in [0.15, 0.2) is 0 Å². The Balaban J connectivity index is 1.59. The van der Waals surface area contributed by atoms with Crippen LogP contribution in [-0.2, 0) is 19.0 Å². The van der Waals surface area contributed by atoms with Crippen LogP contribution in [0.25, 0.3) is 0 Å². The van der Waals surface area contributed by atoms with E-state index in [1.54, 1.807) is 0 Å². The number of alkyl carbamates (subject to hydrolysis) is 1. The van der Waals surface area contributed by atoms with Gasteiger partial charge in [-0.25, -0.2) is 4.79 Å². The van der Waals surface area contributed by atoms with E-state index in [2.05, 4.69) is 12.2 Å². The summed E-state index contributed by atoms with van der Waals surface area (Å²) >= 11 is 5.34. The lowest BCUT2D eigenvalue weighted by atomic mass is 9.70. The molecule has 0 bridgehead atoms. The highest BCUT2D eigenvalue weighted by molar-refractivity contribution is 6.28. The Hall–Kier alpha value is -0.850. The van der Waals surface area contributed by atoms with Crippen LogP contribution in [0.15, 0.2) is 0 Å². The standard InChI is InChI=1S/C14H20ClNO5/c1-8-13(2,21-8)10-5-9(3-4-14(10)7-19-14)20-12(18)16-11(17)6-15/h8-10H,3-7H2,1-2H3,(H,16,17,18)/t8-,9+,10+,13+,14-/m0/s1. The van der Waals surface area contributed by atoms with E-state index in [1.807, 2.05) is 6.92 Å². The van der Waals surface area contributed by atoms with Crippen molar-refractivity contribution in [2.45, 2.75) is 56.5 Å². The summed E-state index contributed by atoms with van der Waals surface area (Å²) in [5.41, 5.74) is -0.289. The monoisotopic (exact) mass is 317 g/mol. The van der Waals surface area contributed by atoms with Crippen molar-refractivity contribution in [1.82, 2.24) is 5.32 Å². The van der Waals surface area contributed by atoms with Crippen molar-refractivity contribution in [2.75, 3.05) is 12.5 Å². The van der Waals surface area contributed by atoms with Crippen LogP contribution in [0.2, 0.25) is 0 Å². The molecular weight excluding hydrogens is 298 g/mol. The zero-order valence-electron chi connectivity index (χ0n) is 12.2. The van der Waals surface area contributed by atoms with Crippen molar-refractivity contribution in [3.63, 3.8) is 0 Å². The largest absolute Gasteiger partial charge is 0.446 e. The van der Waals surface area contributed by atoms with Crippen LogP contribution in [0, 0.1) is 5.92 Å². The molecule has 0 aromatic carbocycles. The number of hydrogen-bond acceptors (Lipinski definition) is 5. The van der Waals surface area contributed by atoms with Crippen LogP contribution >= 0.6 is 11.6 Å². The van der Waals surface area contributed by atoms with E-state index in [4.69, 9.17) is 25.8 Å². The van der Waals surface area contributed by atoms with Gasteiger partial charge in [-0.05, 0) is 33.1 Å². The van der Waals surface area contributed by atoms with E-state index in [1.165, 1.54) is 0 Å². The van der Waals surface area contributed by atoms with E-state index >= 15 is 0 Å². The highest BCUT2D eigenvalue weighted by atomic mass is 35.5. The van der Waals surface area contributed by atoms with Gasteiger partial charge in [-0.3, -0.25) is 10.1 Å². The number of ether oxygens (including phenoxy) is 3. The lowest BCUT2D eigenvalue weighted by Gasteiger charge is -2.36. The third kappa shape index (κ3) is 2.76. The molecule has 6 nitrogen and oxygen atoms in total. The van der Waals surface area contributed by atoms with E-state index in [0.29, 0.717) is 6.42 Å². The molecule has 2 amide bonds. The zero-order chi connectivity index (χ0) is 15.3. The van der Waals surface area contributed by atoms with Crippen molar-refractivity contribution >= 4 is 23.6 Å². The summed E-state index contributed by atoms with van der Waals surface area (Å²) < 4.78 is 16.8. The number of alkyl halides is 1. The highest BCUT2D eigenvalue weighted by Gasteiger charge is 2.67. The third-order valence-corrected chi connectivity index (χ3v) is 5.29. The maximum absolute atomic E-state index is 11.6. The molecule has 2 heterocycles. The maximum Gasteiger partial charge on any atom is 0.414 e. The van der Waals surface area contributed by atoms with Gasteiger partial charge in [0.25, 0.3) is 0 Å². The maximum atomic E-state index is 11.6. The fraction of sp³-hybridized carbons (Fsp3) is 0.857. The third-order valence-electron chi connectivity index (χ3n) is 5.05. The van der Waals surface area contributed by atoms with Gasteiger partial charge < -0.3 is 14.2 Å². The molecule has 0 aromatic heterocycles. The molecule has 2 saturated heterocycles. The van der Waals surface area contributed by atoms with Crippen molar-refractivity contribution in [3.8, 4) is 0 Å². The van der Waals surface area contributed by atoms with Gasteiger partial charge in [0.2, 0.25) is 5.91 Å². The molecule has 3 fully saturated rings. The number of halogens is 1. The van der Waals surface area contributed by atoms with Gasteiger partial charge in [-0.2, -0.15) is 0 Å². The summed E-state index contributed by atoms with van der Waals surface area (Å²) in [6.07, 6.45) is 1.54. The van der Waals surface area contributed by atoms with E-state index in [-0.39, 0.29) is 35.2 Å². The van der Waals surface area contributed by atoms with E-state index in [9.17, 15) is 9.59 Å². The second kappa shape index (κ2) is 5.11. The van der Waals surface area contributed by atoms with Crippen molar-refractivity contribution < 1.29 is 23.8 Å². The topological polar surface area (TPSA) is 80.5 Å². The Bertz CT molecular complexity index is 464. The molecule has 1 N–H and O–H groups in total. The molecule has 7 heteroatoms. The predicted molar refractivity (Wildman–Crippen MR) is 74.1 cm³/mol. The Morgan fingerprint density at radius 1 is 1.48 bits per heavy atom. The first-order valence-electron chi connectivity index (χ1n) is 7.28. The second-order valence-corrected chi connectivity index (χ2v) is 6.60. The van der Waals surface area contributed by atoms with Gasteiger partial charge in [-0.1, -0.05) is 0 Å². The number of epoxide rings is 2. The summed E-state index contributed by atoms with van der Waals surface area (Å²) in [5, 5.41) is 2.10. The molecule has 3 rings (SSSR count). The first-order valence-corrected chi connectivity index (χ1v) is 7.81. The minimum absolute atomic E-state index is 0.0954. The number of amides is 2. The summed E-state index contributed by atoms with van der Waals surface area (Å²) in [6.45, 7) is 4.89. The molecule has 118 valence electrons. The molecule has 0 unspecified atom stereocenters. The summed E-state index contributed by atoms with van der Waals surface area (Å²) in [6, 6.07) is 0. The number of carbonyl (C=O) groups excluding carboxylic acids is 2. The molecule has 2 aliphatic heterocycles. The molecule has 1 saturated carbocycles. The molecule has 21 heavy (non-hydrogen) atoms. The van der Waals surface area contributed by atoms with Crippen molar-refractivity contribution in [3.05, 3.63) is 0 Å². The molecule has 3 aliphatic rings. The van der Waals surface area contributed by atoms with Crippen LogP contribution in [0.4, 0.5) is 4.79 Å². The normalized spacial score (nSPS) is 44.2. The summed E-state index contributed by atoms with van der Waals surface area (Å²) in [7, 11) is 0. The predicted octanol–water partition coefficient (Wildman–Crippen LogP) is 1.59. The fourth-order valence-corrected chi connectivity index (χ4v) is 3.58. The fourth-order valence-electron chi connectivity index (χ4n) is 3.52. The van der Waals surface area contributed by atoms with Crippen LogP contribution in [0.5, 0.6) is 0 Å². The van der Waals surface area contributed by atoms with Crippen LogP contribution < -0.4 is 5.32 Å². The van der Waals surface area contributed by atoms with Crippen molar-refractivity contribution in [1.29, 1.82) is 0 Å². The van der Waals surface area contributed by atoms with Crippen LogP contribution in [0.3, 0.4) is 0 Å². The number of hydrogen-bond donors (Lipinski definition) is 1. The van der Waals surface area contributed by atoms with E-state index < -0.39 is 12.0 Å². The lowest BCUT2D eigenvalue weighted by molar-refractivity contribution is -0.118. The molecule has 0 aromatic rings. The quantitative estimate of drug-likeness (QED) is 0.631. The summed E-state index contributed by atoms with van der Waals surface area (Å²) in [5.74, 6) is -0.597. The molecule has 0 radical (unpaired) electrons. The SMILES string of the molecule is C[C@@H]1O[C@@]1(C)[C@H]1C[C@H](OC(=O)NC(=O)CCl)CC[C@]12CO2. The molecule has 1 spiro atoms. The van der Waals surface area contributed by atoms with Gasteiger partial charge >= 0.3 is 6.09 Å². The van der Waals surface area contributed by atoms with Crippen LogP contribution in [0.1, 0.15) is 33.1 Å². The minimum Gasteiger partial charge on any atom is -0.446 e. The Morgan fingerprint density at radius 3 is 2.67 bits per heavy atom. The molecular formula is C14H20ClNO5. The summed E-state index contributed by atoms with van der Waals surface area (Å²) in [4.78, 5) is 22.7. The van der Waals surface area contributed by atoms with Crippen molar-refractivity contribution in [2.24, 2.45) is 5.92 Å². The van der Waals surface area contributed by atoms with Gasteiger partial charge in [0.05, 0.1) is 23.9 Å². The first-order chi connectivity index (χ1) is 9.89. The number of nitrogens with one attached hydrogen (secondary N) is 1. The Kier molecular flexibility index (Phi) is 3.66. The average Bonchev–Trinajstić information content (AvgIpc) is 3.32. The Labute approximate surface area is 128 Å². The average molecular weight is 318 g/mol. The smallest absolute Gasteiger partial charge is 0.414 e. The lowest BCUT2D eigenvalue weighted by Crippen LogP contribution is -2.45. The first kappa shape index (κ1) is 15.1. The zero-order valence-corrected chi connectivity index (χ0v) is 12.9. The molecule has 5 atom stereocenters. The Morgan fingerprint density at radius 2 is 2.14 bits per heavy atom. The second-order valence-electron chi connectivity index (χ2n) is 6.33. The number of imide groups is 1. The van der Waals surface area contributed by atoms with E-state index in [0.717, 1.165) is 19.4 Å². The number of carbonyl (C=O) groups is 2.